The lowest BCUT2D eigenvalue weighted by Gasteiger charge is -2.12. The van der Waals surface area contributed by atoms with Crippen molar-refractivity contribution in [3.05, 3.63) is 80.9 Å². The normalized spacial score (nSPS) is 12.3. The van der Waals surface area contributed by atoms with Gasteiger partial charge in [-0.15, -0.1) is 21.5 Å². The van der Waals surface area contributed by atoms with Crippen LogP contribution in [0.5, 0.6) is 5.75 Å². The average Bonchev–Trinajstić information content (AvgIpc) is 3.59. The Hall–Kier alpha value is -3.87. The number of methoxy groups -OCH3 is 1. The third kappa shape index (κ3) is 7.20. The fourth-order valence-corrected chi connectivity index (χ4v) is 7.00. The van der Waals surface area contributed by atoms with Gasteiger partial charge >= 0.3 is 5.97 Å². The molecule has 2 amide bonds. The van der Waals surface area contributed by atoms with E-state index in [0.29, 0.717) is 43.6 Å². The fraction of sp³-hybridized carbons (Fsp3) is 0.300. The molecule has 4 aromatic rings. The van der Waals surface area contributed by atoms with E-state index in [1.165, 1.54) is 23.1 Å². The third-order valence-electron chi connectivity index (χ3n) is 6.76. The molecule has 2 N–H and O–H groups in total. The van der Waals surface area contributed by atoms with E-state index >= 15 is 0 Å². The number of rotatable bonds is 11. The number of hydrogen-bond donors (Lipinski definition) is 2. The number of thiophene rings is 1. The van der Waals surface area contributed by atoms with E-state index in [9.17, 15) is 14.4 Å². The summed E-state index contributed by atoms with van der Waals surface area (Å²) in [5.41, 5.74) is 2.61. The van der Waals surface area contributed by atoms with E-state index < -0.39 is 5.97 Å². The van der Waals surface area contributed by atoms with Crippen molar-refractivity contribution < 1.29 is 23.9 Å². The summed E-state index contributed by atoms with van der Waals surface area (Å²) >= 11 is 8.91. The number of thioether (sulfide) groups is 1. The number of anilines is 1. The number of amides is 2. The van der Waals surface area contributed by atoms with Crippen LogP contribution in [0.3, 0.4) is 0 Å². The van der Waals surface area contributed by atoms with Crippen LogP contribution in [0.15, 0.2) is 53.7 Å². The summed E-state index contributed by atoms with van der Waals surface area (Å²) in [6.07, 6.45) is 3.74. The highest BCUT2D eigenvalue weighted by atomic mass is 35.5. The number of nitrogens with one attached hydrogen (secondary N) is 2. The second kappa shape index (κ2) is 14.1. The molecule has 0 aliphatic heterocycles. The Labute approximate surface area is 262 Å². The monoisotopic (exact) mass is 639 g/mol. The number of nitrogens with zero attached hydrogens (tertiary/aromatic N) is 3. The van der Waals surface area contributed by atoms with Crippen LogP contribution in [0.2, 0.25) is 5.02 Å². The molecule has 0 atom stereocenters. The van der Waals surface area contributed by atoms with Gasteiger partial charge in [0.15, 0.2) is 11.0 Å². The zero-order chi connectivity index (χ0) is 30.3. The van der Waals surface area contributed by atoms with Gasteiger partial charge in [0, 0.05) is 15.5 Å². The molecular weight excluding hydrogens is 610 g/mol. The second-order valence-corrected chi connectivity index (χ2v) is 12.1. The van der Waals surface area contributed by atoms with Crippen molar-refractivity contribution in [2.45, 2.75) is 44.3 Å². The van der Waals surface area contributed by atoms with E-state index in [0.717, 1.165) is 36.1 Å². The first-order chi connectivity index (χ1) is 20.9. The number of halogens is 1. The van der Waals surface area contributed by atoms with Crippen molar-refractivity contribution in [2.24, 2.45) is 0 Å². The summed E-state index contributed by atoms with van der Waals surface area (Å²) in [6, 6.07) is 13.9. The van der Waals surface area contributed by atoms with Crippen LogP contribution in [0, 0.1) is 0 Å². The van der Waals surface area contributed by atoms with Gasteiger partial charge in [-0.25, -0.2) is 4.79 Å². The van der Waals surface area contributed by atoms with Crippen LogP contribution in [0.4, 0.5) is 5.00 Å². The second-order valence-electron chi connectivity index (χ2n) is 9.60. The molecule has 2 aromatic heterocycles. The number of benzene rings is 2. The number of hydrogen-bond acceptors (Lipinski definition) is 9. The maximum Gasteiger partial charge on any atom is 0.341 e. The SMILES string of the molecule is CCOC(=O)c1c(NC(=O)CSc2nnc(CNC(=O)c3ccc(OC)cc3)n2-c2cccc(Cl)c2)sc2c1CCCC2. The highest BCUT2D eigenvalue weighted by molar-refractivity contribution is 7.99. The first-order valence-electron chi connectivity index (χ1n) is 13.7. The molecule has 0 saturated heterocycles. The predicted molar refractivity (Wildman–Crippen MR) is 167 cm³/mol. The summed E-state index contributed by atoms with van der Waals surface area (Å²) in [7, 11) is 1.56. The zero-order valence-corrected chi connectivity index (χ0v) is 26.0. The first kappa shape index (κ1) is 30.6. The number of fused-ring (bicyclic) bond motifs is 1. The van der Waals surface area contributed by atoms with Gasteiger partial charge in [-0.05, 0) is 80.6 Å². The van der Waals surface area contributed by atoms with Crippen LogP contribution < -0.4 is 15.4 Å². The van der Waals surface area contributed by atoms with Crippen molar-refractivity contribution in [1.82, 2.24) is 20.1 Å². The van der Waals surface area contributed by atoms with Gasteiger partial charge in [0.05, 0.1) is 37.3 Å². The molecule has 2 aromatic carbocycles. The van der Waals surface area contributed by atoms with Gasteiger partial charge in [-0.3, -0.25) is 14.2 Å². The van der Waals surface area contributed by atoms with Gasteiger partial charge in [0.2, 0.25) is 5.91 Å². The van der Waals surface area contributed by atoms with Crippen molar-refractivity contribution in [3.8, 4) is 11.4 Å². The maximum absolute atomic E-state index is 13.1. The Bertz CT molecular complexity index is 1640. The molecule has 13 heteroatoms. The molecule has 0 spiro atoms. The van der Waals surface area contributed by atoms with E-state index in [1.807, 2.05) is 6.07 Å². The molecule has 0 radical (unpaired) electrons. The number of esters is 1. The molecule has 0 bridgehead atoms. The lowest BCUT2D eigenvalue weighted by molar-refractivity contribution is -0.113. The van der Waals surface area contributed by atoms with Gasteiger partial charge in [-0.1, -0.05) is 29.4 Å². The number of carbonyl (C=O) groups excluding carboxylic acids is 3. The topological polar surface area (TPSA) is 124 Å². The van der Waals surface area contributed by atoms with Crippen molar-refractivity contribution in [2.75, 3.05) is 24.8 Å². The molecule has 0 fully saturated rings. The van der Waals surface area contributed by atoms with Crippen LogP contribution in [-0.4, -0.2) is 52.0 Å². The molecule has 224 valence electrons. The van der Waals surface area contributed by atoms with E-state index in [2.05, 4.69) is 20.8 Å². The Morgan fingerprint density at radius 3 is 2.63 bits per heavy atom. The van der Waals surface area contributed by atoms with Crippen molar-refractivity contribution in [3.63, 3.8) is 0 Å². The van der Waals surface area contributed by atoms with Gasteiger partial charge in [0.25, 0.3) is 5.91 Å². The molecule has 0 saturated carbocycles. The van der Waals surface area contributed by atoms with Crippen LogP contribution in [-0.2, 0) is 28.9 Å². The fourth-order valence-electron chi connectivity index (χ4n) is 4.75. The number of ether oxygens (including phenoxy) is 2. The lowest BCUT2D eigenvalue weighted by atomic mass is 9.95. The summed E-state index contributed by atoms with van der Waals surface area (Å²) < 4.78 is 12.2. The highest BCUT2D eigenvalue weighted by Crippen LogP contribution is 2.39. The van der Waals surface area contributed by atoms with Crippen LogP contribution >= 0.6 is 34.7 Å². The Morgan fingerprint density at radius 2 is 1.88 bits per heavy atom. The first-order valence-corrected chi connectivity index (χ1v) is 15.9. The smallest absolute Gasteiger partial charge is 0.341 e. The number of carbonyl (C=O) groups is 3. The third-order valence-corrected chi connectivity index (χ3v) is 9.13. The Balaban J connectivity index is 1.32. The van der Waals surface area contributed by atoms with Gasteiger partial charge in [-0.2, -0.15) is 0 Å². The van der Waals surface area contributed by atoms with Gasteiger partial charge in [0.1, 0.15) is 10.8 Å². The zero-order valence-electron chi connectivity index (χ0n) is 23.6. The largest absolute Gasteiger partial charge is 0.497 e. The number of aromatic nitrogens is 3. The molecular formula is C30H30ClN5O5S2. The van der Waals surface area contributed by atoms with E-state index in [-0.39, 0.29) is 30.7 Å². The predicted octanol–water partition coefficient (Wildman–Crippen LogP) is 5.71. The summed E-state index contributed by atoms with van der Waals surface area (Å²) in [6.45, 7) is 2.11. The molecule has 10 nitrogen and oxygen atoms in total. The molecule has 2 heterocycles. The molecule has 43 heavy (non-hydrogen) atoms. The molecule has 1 aliphatic carbocycles. The molecule has 5 rings (SSSR count). The quantitative estimate of drug-likeness (QED) is 0.158. The summed E-state index contributed by atoms with van der Waals surface area (Å²) in [4.78, 5) is 39.8. The Kier molecular flexibility index (Phi) is 10.0. The van der Waals surface area contributed by atoms with E-state index in [4.69, 9.17) is 21.1 Å². The van der Waals surface area contributed by atoms with Crippen LogP contribution in [0.25, 0.3) is 5.69 Å². The Morgan fingerprint density at radius 1 is 1.09 bits per heavy atom. The summed E-state index contributed by atoms with van der Waals surface area (Å²) in [5, 5.41) is 15.9. The maximum atomic E-state index is 13.1. The van der Waals surface area contributed by atoms with Crippen molar-refractivity contribution >= 4 is 57.5 Å². The van der Waals surface area contributed by atoms with Crippen molar-refractivity contribution in [1.29, 1.82) is 0 Å². The highest BCUT2D eigenvalue weighted by Gasteiger charge is 2.27. The standard InChI is InChI=1S/C30H30ClN5O5S2/c1-3-41-29(39)26-22-9-4-5-10-23(22)43-28(26)33-25(37)17-42-30-35-34-24(36(30)20-8-6-7-19(31)15-20)16-32-27(38)18-11-13-21(40-2)14-12-18/h6-8,11-15H,3-5,9-10,16-17H2,1-2H3,(H,32,38)(H,33,37). The average molecular weight is 640 g/mol. The minimum atomic E-state index is -0.410. The van der Waals surface area contributed by atoms with E-state index in [1.54, 1.807) is 61.1 Å². The van der Waals surface area contributed by atoms with Crippen LogP contribution in [0.1, 0.15) is 56.7 Å². The lowest BCUT2D eigenvalue weighted by Crippen LogP contribution is -2.24. The minimum absolute atomic E-state index is 0.0156. The summed E-state index contributed by atoms with van der Waals surface area (Å²) in [5.74, 6) is 0.145. The molecule has 0 unspecified atom stereocenters. The minimum Gasteiger partial charge on any atom is -0.497 e. The number of aryl methyl sites for hydroxylation is 1. The van der Waals surface area contributed by atoms with Gasteiger partial charge < -0.3 is 20.1 Å². The molecule has 1 aliphatic rings.